The van der Waals surface area contributed by atoms with Crippen LogP contribution in [0.15, 0.2) is 42.5 Å². The third kappa shape index (κ3) is 3.45. The molecule has 0 unspecified atom stereocenters. The van der Waals surface area contributed by atoms with E-state index in [0.29, 0.717) is 23.5 Å². The molecule has 0 radical (unpaired) electrons. The zero-order chi connectivity index (χ0) is 15.2. The normalized spacial score (nSPS) is 10.0. The third-order valence-electron chi connectivity index (χ3n) is 3.13. The number of nitrogens with one attached hydrogen (secondary N) is 1. The lowest BCUT2D eigenvalue weighted by Crippen LogP contribution is -2.23. The molecule has 0 aromatic heterocycles. The summed E-state index contributed by atoms with van der Waals surface area (Å²) >= 11 is 0. The molecule has 2 rings (SSSR count). The summed E-state index contributed by atoms with van der Waals surface area (Å²) in [6.07, 6.45) is 0. The number of carbonyl (C=O) groups is 1. The molecule has 21 heavy (non-hydrogen) atoms. The molecule has 0 spiro atoms. The Bertz CT molecular complexity index is 641. The fourth-order valence-electron chi connectivity index (χ4n) is 1.98. The maximum absolute atomic E-state index is 12.1. The lowest BCUT2D eigenvalue weighted by Gasteiger charge is -2.10. The van der Waals surface area contributed by atoms with Gasteiger partial charge in [-0.1, -0.05) is 18.2 Å². The van der Waals surface area contributed by atoms with Crippen molar-refractivity contribution in [2.45, 2.75) is 6.54 Å². The number of amides is 1. The maximum atomic E-state index is 12.1. The van der Waals surface area contributed by atoms with Crippen LogP contribution in [-0.4, -0.2) is 20.1 Å². The van der Waals surface area contributed by atoms with Crippen LogP contribution in [0.4, 0.5) is 5.69 Å². The molecule has 0 aliphatic rings. The summed E-state index contributed by atoms with van der Waals surface area (Å²) in [4.78, 5) is 12.1. The number of ether oxygens (including phenoxy) is 2. The van der Waals surface area contributed by atoms with E-state index < -0.39 is 0 Å². The first-order chi connectivity index (χ1) is 10.2. The number of rotatable bonds is 5. The van der Waals surface area contributed by atoms with Crippen molar-refractivity contribution < 1.29 is 14.3 Å². The number of methoxy groups -OCH3 is 2. The summed E-state index contributed by atoms with van der Waals surface area (Å²) in [5.74, 6) is 1.03. The van der Waals surface area contributed by atoms with Crippen molar-refractivity contribution in [3.05, 3.63) is 53.6 Å². The highest BCUT2D eigenvalue weighted by atomic mass is 16.5. The highest BCUT2D eigenvalue weighted by molar-refractivity contribution is 5.95. The average molecular weight is 286 g/mol. The highest BCUT2D eigenvalue weighted by Gasteiger charge is 2.10. The second kappa shape index (κ2) is 6.65. The fourth-order valence-corrected chi connectivity index (χ4v) is 1.98. The van der Waals surface area contributed by atoms with Crippen LogP contribution < -0.4 is 20.5 Å². The Morgan fingerprint density at radius 2 is 1.81 bits per heavy atom. The molecule has 5 nitrogen and oxygen atoms in total. The molecule has 2 aromatic carbocycles. The molecule has 0 saturated heterocycles. The predicted octanol–water partition coefficient (Wildman–Crippen LogP) is 2.22. The molecule has 0 aliphatic heterocycles. The average Bonchev–Trinajstić information content (AvgIpc) is 2.53. The van der Waals surface area contributed by atoms with Gasteiger partial charge in [0.15, 0.2) is 0 Å². The van der Waals surface area contributed by atoms with Crippen molar-refractivity contribution in [2.24, 2.45) is 0 Å². The standard InChI is InChI=1S/C16H18N2O3/c1-20-14-6-4-3-5-12(14)10-18-16(19)11-7-8-13(17)15(9-11)21-2/h3-9H,10,17H2,1-2H3,(H,18,19). The van der Waals surface area contributed by atoms with Crippen LogP contribution in [-0.2, 0) is 6.54 Å². The van der Waals surface area contributed by atoms with Crippen LogP contribution in [0.25, 0.3) is 0 Å². The molecular formula is C16H18N2O3. The summed E-state index contributed by atoms with van der Waals surface area (Å²) in [5.41, 5.74) is 7.64. The minimum atomic E-state index is -0.195. The van der Waals surface area contributed by atoms with Gasteiger partial charge in [0.05, 0.1) is 19.9 Å². The van der Waals surface area contributed by atoms with E-state index in [4.69, 9.17) is 15.2 Å². The van der Waals surface area contributed by atoms with Gasteiger partial charge in [-0.15, -0.1) is 0 Å². The molecular weight excluding hydrogens is 268 g/mol. The molecule has 0 saturated carbocycles. The van der Waals surface area contributed by atoms with E-state index in [2.05, 4.69) is 5.32 Å². The van der Waals surface area contributed by atoms with Gasteiger partial charge in [-0.25, -0.2) is 0 Å². The van der Waals surface area contributed by atoms with E-state index >= 15 is 0 Å². The summed E-state index contributed by atoms with van der Waals surface area (Å²) in [6, 6.07) is 12.5. The van der Waals surface area contributed by atoms with E-state index in [1.807, 2.05) is 24.3 Å². The Hall–Kier alpha value is -2.69. The quantitative estimate of drug-likeness (QED) is 0.827. The molecule has 0 bridgehead atoms. The predicted molar refractivity (Wildman–Crippen MR) is 81.6 cm³/mol. The van der Waals surface area contributed by atoms with Gasteiger partial charge in [-0.3, -0.25) is 4.79 Å². The van der Waals surface area contributed by atoms with Crippen LogP contribution in [0.5, 0.6) is 11.5 Å². The van der Waals surface area contributed by atoms with Crippen molar-refractivity contribution in [1.29, 1.82) is 0 Å². The molecule has 0 atom stereocenters. The van der Waals surface area contributed by atoms with E-state index in [0.717, 1.165) is 11.3 Å². The number of nitrogens with two attached hydrogens (primary N) is 1. The summed E-state index contributed by atoms with van der Waals surface area (Å²) < 4.78 is 10.4. The zero-order valence-corrected chi connectivity index (χ0v) is 12.1. The minimum Gasteiger partial charge on any atom is -0.496 e. The van der Waals surface area contributed by atoms with E-state index in [9.17, 15) is 4.79 Å². The Labute approximate surface area is 123 Å². The molecule has 0 aliphatic carbocycles. The molecule has 0 fully saturated rings. The van der Waals surface area contributed by atoms with E-state index in [1.54, 1.807) is 25.3 Å². The smallest absolute Gasteiger partial charge is 0.251 e. The molecule has 2 aromatic rings. The first kappa shape index (κ1) is 14.7. The van der Waals surface area contributed by atoms with Crippen LogP contribution >= 0.6 is 0 Å². The largest absolute Gasteiger partial charge is 0.496 e. The van der Waals surface area contributed by atoms with Crippen molar-refractivity contribution >= 4 is 11.6 Å². The Kier molecular flexibility index (Phi) is 4.66. The van der Waals surface area contributed by atoms with E-state index in [1.165, 1.54) is 7.11 Å². The number of hydrogen-bond donors (Lipinski definition) is 2. The van der Waals surface area contributed by atoms with Gasteiger partial charge < -0.3 is 20.5 Å². The first-order valence-electron chi connectivity index (χ1n) is 6.49. The third-order valence-corrected chi connectivity index (χ3v) is 3.13. The lowest BCUT2D eigenvalue weighted by atomic mass is 10.1. The highest BCUT2D eigenvalue weighted by Crippen LogP contribution is 2.22. The van der Waals surface area contributed by atoms with Gasteiger partial charge >= 0.3 is 0 Å². The van der Waals surface area contributed by atoms with Crippen molar-refractivity contribution in [3.8, 4) is 11.5 Å². The number of benzene rings is 2. The first-order valence-corrected chi connectivity index (χ1v) is 6.49. The van der Waals surface area contributed by atoms with Crippen molar-refractivity contribution in [3.63, 3.8) is 0 Å². The maximum Gasteiger partial charge on any atom is 0.251 e. The molecule has 0 heterocycles. The van der Waals surface area contributed by atoms with Gasteiger partial charge in [-0.05, 0) is 24.3 Å². The van der Waals surface area contributed by atoms with Crippen molar-refractivity contribution in [1.82, 2.24) is 5.32 Å². The van der Waals surface area contributed by atoms with Gasteiger partial charge in [-0.2, -0.15) is 0 Å². The fraction of sp³-hybridized carbons (Fsp3) is 0.188. The lowest BCUT2D eigenvalue weighted by molar-refractivity contribution is 0.0950. The number of hydrogen-bond acceptors (Lipinski definition) is 4. The Balaban J connectivity index is 2.08. The molecule has 5 heteroatoms. The van der Waals surface area contributed by atoms with E-state index in [-0.39, 0.29) is 5.91 Å². The molecule has 110 valence electrons. The summed E-state index contributed by atoms with van der Waals surface area (Å²) in [6.45, 7) is 0.384. The molecule has 3 N–H and O–H groups in total. The van der Waals surface area contributed by atoms with Crippen LogP contribution in [0.1, 0.15) is 15.9 Å². The van der Waals surface area contributed by atoms with Gasteiger partial charge in [0.2, 0.25) is 0 Å². The van der Waals surface area contributed by atoms with Crippen LogP contribution in [0, 0.1) is 0 Å². The number of nitrogen functional groups attached to an aromatic ring is 1. The molecule has 1 amide bonds. The number of para-hydroxylation sites is 1. The van der Waals surface area contributed by atoms with Crippen LogP contribution in [0.3, 0.4) is 0 Å². The minimum absolute atomic E-state index is 0.195. The Morgan fingerprint density at radius 1 is 1.10 bits per heavy atom. The Morgan fingerprint density at radius 3 is 2.52 bits per heavy atom. The van der Waals surface area contributed by atoms with Gasteiger partial charge in [0.25, 0.3) is 5.91 Å². The summed E-state index contributed by atoms with van der Waals surface area (Å²) in [5, 5.41) is 2.85. The van der Waals surface area contributed by atoms with Gasteiger partial charge in [0.1, 0.15) is 11.5 Å². The number of anilines is 1. The van der Waals surface area contributed by atoms with Crippen molar-refractivity contribution in [2.75, 3.05) is 20.0 Å². The topological polar surface area (TPSA) is 73.6 Å². The zero-order valence-electron chi connectivity index (χ0n) is 12.1. The van der Waals surface area contributed by atoms with Gasteiger partial charge in [0, 0.05) is 17.7 Å². The SMILES string of the molecule is COc1cc(C(=O)NCc2ccccc2OC)ccc1N. The number of carbonyl (C=O) groups excluding carboxylic acids is 1. The summed E-state index contributed by atoms with van der Waals surface area (Å²) in [7, 11) is 3.12. The second-order valence-electron chi connectivity index (χ2n) is 4.45. The monoisotopic (exact) mass is 286 g/mol. The van der Waals surface area contributed by atoms with Crippen LogP contribution in [0.2, 0.25) is 0 Å². The second-order valence-corrected chi connectivity index (χ2v) is 4.45.